The summed E-state index contributed by atoms with van der Waals surface area (Å²) in [4.78, 5) is 7.80. The van der Waals surface area contributed by atoms with Crippen molar-refractivity contribution in [3.63, 3.8) is 0 Å². The summed E-state index contributed by atoms with van der Waals surface area (Å²) >= 11 is 0. The van der Waals surface area contributed by atoms with Gasteiger partial charge in [-0.15, -0.1) is 0 Å². The Balaban J connectivity index is 1.81. The first-order valence-corrected chi connectivity index (χ1v) is 4.64. The second-order valence-corrected chi connectivity index (χ2v) is 3.13. The van der Waals surface area contributed by atoms with Crippen LogP contribution in [-0.4, -0.2) is 9.97 Å². The Hall–Kier alpha value is -1.88. The lowest BCUT2D eigenvalue weighted by Crippen LogP contribution is -2.12. The van der Waals surface area contributed by atoms with E-state index >= 15 is 0 Å². The molecule has 2 rings (SSSR count). The lowest BCUT2D eigenvalue weighted by atomic mass is 10.3. The Bertz CT molecular complexity index is 396. The van der Waals surface area contributed by atoms with Gasteiger partial charge in [0.05, 0.1) is 12.8 Å². The third-order valence-electron chi connectivity index (χ3n) is 1.93. The first-order valence-electron chi connectivity index (χ1n) is 4.64. The van der Waals surface area contributed by atoms with Crippen molar-refractivity contribution in [2.75, 3.05) is 5.73 Å². The number of hydrogen-bond donors (Lipinski definition) is 2. The number of nitrogens with two attached hydrogens (primary N) is 1. The van der Waals surface area contributed by atoms with Crippen LogP contribution in [0.1, 0.15) is 11.3 Å². The molecule has 0 bridgehead atoms. The highest BCUT2D eigenvalue weighted by atomic mass is 16.3. The zero-order chi connectivity index (χ0) is 10.5. The predicted octanol–water partition coefficient (Wildman–Crippen LogP) is 0.942. The fraction of sp³-hybridized carbons (Fsp3) is 0.200. The van der Waals surface area contributed by atoms with Gasteiger partial charge in [0.1, 0.15) is 5.76 Å². The normalized spacial score (nSPS) is 10.4. The summed E-state index contributed by atoms with van der Waals surface area (Å²) in [5, 5.41) is 3.21. The molecular formula is C10H12N4O. The van der Waals surface area contributed by atoms with Crippen LogP contribution in [0, 0.1) is 0 Å². The molecule has 0 radical (unpaired) electrons. The molecule has 0 saturated heterocycles. The average Bonchev–Trinajstić information content (AvgIpc) is 2.74. The molecule has 0 aliphatic heterocycles. The molecule has 2 aromatic heterocycles. The summed E-state index contributed by atoms with van der Waals surface area (Å²) in [6, 6.07) is 3.79. The first kappa shape index (κ1) is 9.67. The van der Waals surface area contributed by atoms with Gasteiger partial charge < -0.3 is 15.5 Å². The van der Waals surface area contributed by atoms with Gasteiger partial charge in [-0.2, -0.15) is 0 Å². The van der Waals surface area contributed by atoms with Gasteiger partial charge in [0, 0.05) is 24.5 Å². The highest BCUT2D eigenvalue weighted by Crippen LogP contribution is 2.00. The molecule has 5 heteroatoms. The van der Waals surface area contributed by atoms with E-state index in [0.29, 0.717) is 19.0 Å². The quantitative estimate of drug-likeness (QED) is 0.775. The maximum absolute atomic E-state index is 5.37. The van der Waals surface area contributed by atoms with Crippen LogP contribution < -0.4 is 11.1 Å². The highest BCUT2D eigenvalue weighted by Gasteiger charge is 1.96. The van der Waals surface area contributed by atoms with Gasteiger partial charge in [-0.25, -0.2) is 9.97 Å². The topological polar surface area (TPSA) is 77.0 Å². The molecule has 78 valence electrons. The summed E-state index contributed by atoms with van der Waals surface area (Å²) in [7, 11) is 0. The van der Waals surface area contributed by atoms with Crippen molar-refractivity contribution >= 4 is 5.95 Å². The summed E-state index contributed by atoms with van der Waals surface area (Å²) in [6.45, 7) is 1.39. The maximum Gasteiger partial charge on any atom is 0.219 e. The van der Waals surface area contributed by atoms with Crippen molar-refractivity contribution in [1.29, 1.82) is 0 Å². The average molecular weight is 204 g/mol. The minimum Gasteiger partial charge on any atom is -0.468 e. The van der Waals surface area contributed by atoms with E-state index in [4.69, 9.17) is 10.2 Å². The van der Waals surface area contributed by atoms with Gasteiger partial charge in [-0.3, -0.25) is 0 Å². The van der Waals surface area contributed by atoms with Crippen LogP contribution in [-0.2, 0) is 13.1 Å². The molecule has 0 atom stereocenters. The zero-order valence-corrected chi connectivity index (χ0v) is 8.18. The zero-order valence-electron chi connectivity index (χ0n) is 8.18. The Labute approximate surface area is 87.3 Å². The Kier molecular flexibility index (Phi) is 2.94. The first-order chi connectivity index (χ1) is 7.34. The summed E-state index contributed by atoms with van der Waals surface area (Å²) in [5.41, 5.74) is 6.37. The van der Waals surface area contributed by atoms with Gasteiger partial charge in [-0.05, 0) is 12.1 Å². The molecule has 0 spiro atoms. The largest absolute Gasteiger partial charge is 0.468 e. The van der Waals surface area contributed by atoms with E-state index in [9.17, 15) is 0 Å². The van der Waals surface area contributed by atoms with Crippen LogP contribution in [0.15, 0.2) is 35.2 Å². The molecule has 0 saturated carbocycles. The molecule has 0 aliphatic rings. The fourth-order valence-corrected chi connectivity index (χ4v) is 1.20. The van der Waals surface area contributed by atoms with Gasteiger partial charge in [0.15, 0.2) is 0 Å². The number of hydrogen-bond acceptors (Lipinski definition) is 5. The summed E-state index contributed by atoms with van der Waals surface area (Å²) in [6.07, 6.45) is 5.07. The van der Waals surface area contributed by atoms with Crippen molar-refractivity contribution in [1.82, 2.24) is 15.3 Å². The van der Waals surface area contributed by atoms with Gasteiger partial charge in [0.2, 0.25) is 5.95 Å². The molecular weight excluding hydrogens is 192 g/mol. The fourth-order valence-electron chi connectivity index (χ4n) is 1.20. The van der Waals surface area contributed by atoms with Crippen molar-refractivity contribution < 1.29 is 4.42 Å². The smallest absolute Gasteiger partial charge is 0.219 e. The molecule has 15 heavy (non-hydrogen) atoms. The second-order valence-electron chi connectivity index (χ2n) is 3.13. The standard InChI is InChI=1S/C10H12N4O/c11-10-13-5-8(6-14-10)4-12-7-9-2-1-3-15-9/h1-3,5-6,12H,4,7H2,(H2,11,13,14). The monoisotopic (exact) mass is 204 g/mol. The van der Waals surface area contributed by atoms with Gasteiger partial charge in [0.25, 0.3) is 0 Å². The Morgan fingerprint density at radius 1 is 1.27 bits per heavy atom. The van der Waals surface area contributed by atoms with Crippen LogP contribution in [0.5, 0.6) is 0 Å². The number of furan rings is 1. The van der Waals surface area contributed by atoms with Crippen LogP contribution >= 0.6 is 0 Å². The highest BCUT2D eigenvalue weighted by molar-refractivity contribution is 5.16. The molecule has 0 unspecified atom stereocenters. The minimum absolute atomic E-state index is 0.296. The number of rotatable bonds is 4. The number of nitrogens with zero attached hydrogens (tertiary/aromatic N) is 2. The van der Waals surface area contributed by atoms with Crippen molar-refractivity contribution in [2.45, 2.75) is 13.1 Å². The van der Waals surface area contributed by atoms with E-state index in [1.165, 1.54) is 0 Å². The van der Waals surface area contributed by atoms with E-state index in [0.717, 1.165) is 11.3 Å². The predicted molar refractivity (Wildman–Crippen MR) is 55.7 cm³/mol. The molecule has 2 heterocycles. The SMILES string of the molecule is Nc1ncc(CNCc2ccco2)cn1. The molecule has 3 N–H and O–H groups in total. The third-order valence-corrected chi connectivity index (χ3v) is 1.93. The molecule has 0 aromatic carbocycles. The van der Waals surface area contributed by atoms with Crippen LogP contribution in [0.3, 0.4) is 0 Å². The molecule has 2 aromatic rings. The Morgan fingerprint density at radius 3 is 2.73 bits per heavy atom. The number of nitrogen functional groups attached to an aromatic ring is 1. The van der Waals surface area contributed by atoms with E-state index in [2.05, 4.69) is 15.3 Å². The van der Waals surface area contributed by atoms with Crippen LogP contribution in [0.2, 0.25) is 0 Å². The van der Waals surface area contributed by atoms with Crippen molar-refractivity contribution in [2.24, 2.45) is 0 Å². The van der Waals surface area contributed by atoms with Crippen LogP contribution in [0.4, 0.5) is 5.95 Å². The third kappa shape index (κ3) is 2.78. The van der Waals surface area contributed by atoms with E-state index in [-0.39, 0.29) is 0 Å². The van der Waals surface area contributed by atoms with E-state index in [1.807, 2.05) is 12.1 Å². The second kappa shape index (κ2) is 4.56. The summed E-state index contributed by atoms with van der Waals surface area (Å²) < 4.78 is 5.18. The number of anilines is 1. The molecule has 5 nitrogen and oxygen atoms in total. The molecule has 0 fully saturated rings. The summed E-state index contributed by atoms with van der Waals surface area (Å²) in [5.74, 6) is 1.20. The van der Waals surface area contributed by atoms with Gasteiger partial charge >= 0.3 is 0 Å². The molecule has 0 amide bonds. The lowest BCUT2D eigenvalue weighted by molar-refractivity contribution is 0.482. The van der Waals surface area contributed by atoms with Crippen molar-refractivity contribution in [3.05, 3.63) is 42.1 Å². The molecule has 0 aliphatic carbocycles. The number of nitrogens with one attached hydrogen (secondary N) is 1. The van der Waals surface area contributed by atoms with Crippen LogP contribution in [0.25, 0.3) is 0 Å². The lowest BCUT2D eigenvalue weighted by Gasteiger charge is -2.02. The minimum atomic E-state index is 0.296. The van der Waals surface area contributed by atoms with E-state index in [1.54, 1.807) is 18.7 Å². The van der Waals surface area contributed by atoms with Crippen molar-refractivity contribution in [3.8, 4) is 0 Å². The Morgan fingerprint density at radius 2 is 2.07 bits per heavy atom. The maximum atomic E-state index is 5.37. The van der Waals surface area contributed by atoms with E-state index < -0.39 is 0 Å². The number of aromatic nitrogens is 2. The van der Waals surface area contributed by atoms with Gasteiger partial charge in [-0.1, -0.05) is 0 Å².